The van der Waals surface area contributed by atoms with Gasteiger partial charge in [-0.05, 0) is 35.9 Å². The molecule has 0 aliphatic rings. The lowest BCUT2D eigenvalue weighted by atomic mass is 10.0. The van der Waals surface area contributed by atoms with Crippen molar-refractivity contribution in [3.8, 4) is 0 Å². The molecule has 0 fully saturated rings. The van der Waals surface area contributed by atoms with Crippen LogP contribution in [0.3, 0.4) is 0 Å². The fourth-order valence-electron chi connectivity index (χ4n) is 3.17. The van der Waals surface area contributed by atoms with Gasteiger partial charge < -0.3 is 15.5 Å². The van der Waals surface area contributed by atoms with Crippen LogP contribution in [0.2, 0.25) is 0 Å². The maximum absolute atomic E-state index is 13.3. The van der Waals surface area contributed by atoms with E-state index in [0.29, 0.717) is 11.3 Å². The lowest BCUT2D eigenvalue weighted by molar-refractivity contribution is -0.133. The Morgan fingerprint density at radius 3 is 2.22 bits per heavy atom. The van der Waals surface area contributed by atoms with E-state index in [2.05, 4.69) is 10.6 Å². The van der Waals surface area contributed by atoms with E-state index in [-0.39, 0.29) is 24.8 Å². The quantitative estimate of drug-likeness (QED) is 0.568. The minimum atomic E-state index is -0.565. The second-order valence-electron chi connectivity index (χ2n) is 7.32. The Labute approximate surface area is 186 Å². The number of hydrogen-bond donors (Lipinski definition) is 2. The average Bonchev–Trinajstić information content (AvgIpc) is 2.79. The number of likely N-dealkylation sites (N-methyl/N-ethyl adjacent to an activating group) is 1. The molecule has 32 heavy (non-hydrogen) atoms. The molecule has 0 spiro atoms. The van der Waals surface area contributed by atoms with Gasteiger partial charge in [-0.15, -0.1) is 0 Å². The maximum atomic E-state index is 13.3. The van der Waals surface area contributed by atoms with Crippen LogP contribution in [0, 0.1) is 5.82 Å². The van der Waals surface area contributed by atoms with Crippen molar-refractivity contribution in [3.63, 3.8) is 0 Å². The van der Waals surface area contributed by atoms with Crippen LogP contribution in [-0.4, -0.2) is 36.2 Å². The largest absolute Gasteiger partial charge is 0.345 e. The van der Waals surface area contributed by atoms with Crippen LogP contribution in [0.4, 0.5) is 10.1 Å². The van der Waals surface area contributed by atoms with Gasteiger partial charge in [0.25, 0.3) is 5.91 Å². The van der Waals surface area contributed by atoms with Crippen LogP contribution in [-0.2, 0) is 9.59 Å². The molecule has 0 heterocycles. The molecule has 7 heteroatoms. The van der Waals surface area contributed by atoms with Gasteiger partial charge in [-0.2, -0.15) is 0 Å². The summed E-state index contributed by atoms with van der Waals surface area (Å²) in [5, 5.41) is 5.47. The number of amides is 3. The van der Waals surface area contributed by atoms with Crippen molar-refractivity contribution in [2.45, 2.75) is 12.5 Å². The zero-order valence-corrected chi connectivity index (χ0v) is 17.6. The summed E-state index contributed by atoms with van der Waals surface area (Å²) in [6.45, 7) is -0.205. The van der Waals surface area contributed by atoms with Gasteiger partial charge in [0.05, 0.1) is 19.0 Å². The Hall–Kier alpha value is -4.00. The monoisotopic (exact) mass is 433 g/mol. The lowest BCUT2D eigenvalue weighted by Crippen LogP contribution is -2.38. The molecule has 0 radical (unpaired) electrons. The Balaban J connectivity index is 1.64. The van der Waals surface area contributed by atoms with E-state index in [1.165, 1.54) is 30.1 Å². The van der Waals surface area contributed by atoms with E-state index < -0.39 is 17.8 Å². The molecular weight excluding hydrogens is 409 g/mol. The van der Waals surface area contributed by atoms with Crippen molar-refractivity contribution in [2.75, 3.05) is 18.9 Å². The van der Waals surface area contributed by atoms with Gasteiger partial charge in [0, 0.05) is 18.3 Å². The normalized spacial score (nSPS) is 11.3. The van der Waals surface area contributed by atoms with Crippen LogP contribution < -0.4 is 10.6 Å². The van der Waals surface area contributed by atoms with E-state index >= 15 is 0 Å². The molecule has 1 atom stereocenters. The number of carbonyl (C=O) groups is 3. The van der Waals surface area contributed by atoms with Gasteiger partial charge in [-0.3, -0.25) is 14.4 Å². The molecule has 0 aliphatic carbocycles. The van der Waals surface area contributed by atoms with Gasteiger partial charge in [0.2, 0.25) is 11.8 Å². The zero-order chi connectivity index (χ0) is 22.9. The number of nitrogens with zero attached hydrogens (tertiary/aromatic N) is 1. The van der Waals surface area contributed by atoms with Gasteiger partial charge in [-0.1, -0.05) is 54.6 Å². The molecule has 6 nitrogen and oxygen atoms in total. The molecule has 0 saturated heterocycles. The molecule has 3 rings (SSSR count). The summed E-state index contributed by atoms with van der Waals surface area (Å²) in [6, 6.07) is 22.9. The third kappa shape index (κ3) is 6.50. The Bertz CT molecular complexity index is 1070. The van der Waals surface area contributed by atoms with Crippen LogP contribution in [0.15, 0.2) is 84.9 Å². The van der Waals surface area contributed by atoms with Crippen molar-refractivity contribution in [1.82, 2.24) is 10.2 Å². The molecule has 3 aromatic carbocycles. The summed E-state index contributed by atoms with van der Waals surface area (Å²) in [7, 11) is 1.51. The van der Waals surface area contributed by atoms with Gasteiger partial charge in [0.1, 0.15) is 5.82 Å². The van der Waals surface area contributed by atoms with Crippen LogP contribution >= 0.6 is 0 Å². The van der Waals surface area contributed by atoms with Crippen LogP contribution in [0.5, 0.6) is 0 Å². The van der Waals surface area contributed by atoms with E-state index in [1.807, 2.05) is 36.4 Å². The standard InChI is InChI=1S/C25H24FN3O3/c1-29(17-23(30)27-21-14-8-13-20(26)15-21)24(31)16-22(18-9-4-2-5-10-18)28-25(32)19-11-6-3-7-12-19/h2-15,22H,16-17H2,1H3,(H,27,30)(H,28,32)/t22-/m1/s1. The molecular formula is C25H24FN3O3. The maximum Gasteiger partial charge on any atom is 0.251 e. The van der Waals surface area contributed by atoms with Crippen LogP contribution in [0.25, 0.3) is 0 Å². The van der Waals surface area contributed by atoms with Crippen molar-refractivity contribution in [2.24, 2.45) is 0 Å². The summed E-state index contributed by atoms with van der Waals surface area (Å²) in [5.41, 5.74) is 1.58. The average molecular weight is 433 g/mol. The van der Waals surface area contributed by atoms with Gasteiger partial charge >= 0.3 is 0 Å². The number of rotatable bonds is 8. The molecule has 0 aliphatic heterocycles. The van der Waals surface area contributed by atoms with Crippen molar-refractivity contribution >= 4 is 23.4 Å². The first-order valence-corrected chi connectivity index (χ1v) is 10.1. The summed E-state index contributed by atoms with van der Waals surface area (Å²) in [4.78, 5) is 39.0. The summed E-state index contributed by atoms with van der Waals surface area (Å²) in [6.07, 6.45) is -0.0215. The van der Waals surface area contributed by atoms with Crippen molar-refractivity contribution < 1.29 is 18.8 Å². The van der Waals surface area contributed by atoms with Gasteiger partial charge in [-0.25, -0.2) is 4.39 Å². The first-order chi connectivity index (χ1) is 15.4. The summed E-state index contributed by atoms with van der Waals surface area (Å²) in [5.74, 6) is -1.52. The molecule has 2 N–H and O–H groups in total. The van der Waals surface area contributed by atoms with Crippen molar-refractivity contribution in [3.05, 3.63) is 102 Å². The first-order valence-electron chi connectivity index (χ1n) is 10.1. The molecule has 3 aromatic rings. The van der Waals surface area contributed by atoms with E-state index in [9.17, 15) is 18.8 Å². The lowest BCUT2D eigenvalue weighted by Gasteiger charge is -2.23. The minimum Gasteiger partial charge on any atom is -0.345 e. The molecule has 0 aromatic heterocycles. The fraction of sp³-hybridized carbons (Fsp3) is 0.160. The number of halogens is 1. The number of carbonyl (C=O) groups excluding carboxylic acids is 3. The first kappa shape index (κ1) is 22.7. The summed E-state index contributed by atoms with van der Waals surface area (Å²) < 4.78 is 13.3. The van der Waals surface area contributed by atoms with Gasteiger partial charge in [0.15, 0.2) is 0 Å². The number of benzene rings is 3. The molecule has 0 bridgehead atoms. The Kier molecular flexibility index (Phi) is 7.70. The highest BCUT2D eigenvalue weighted by Gasteiger charge is 2.22. The smallest absolute Gasteiger partial charge is 0.251 e. The third-order valence-electron chi connectivity index (χ3n) is 4.84. The van der Waals surface area contributed by atoms with E-state index in [0.717, 1.165) is 5.56 Å². The number of anilines is 1. The number of hydrogen-bond acceptors (Lipinski definition) is 3. The highest BCUT2D eigenvalue weighted by molar-refractivity contribution is 5.96. The second kappa shape index (κ2) is 10.9. The highest BCUT2D eigenvalue weighted by atomic mass is 19.1. The Morgan fingerprint density at radius 2 is 1.56 bits per heavy atom. The fourth-order valence-corrected chi connectivity index (χ4v) is 3.17. The second-order valence-corrected chi connectivity index (χ2v) is 7.32. The molecule has 0 unspecified atom stereocenters. The van der Waals surface area contributed by atoms with E-state index in [1.54, 1.807) is 30.3 Å². The predicted molar refractivity (Wildman–Crippen MR) is 120 cm³/mol. The SMILES string of the molecule is CN(CC(=O)Nc1cccc(F)c1)C(=O)C[C@@H](NC(=O)c1ccccc1)c1ccccc1. The Morgan fingerprint density at radius 1 is 0.906 bits per heavy atom. The highest BCUT2D eigenvalue weighted by Crippen LogP contribution is 2.19. The van der Waals surface area contributed by atoms with E-state index in [4.69, 9.17) is 0 Å². The molecule has 0 saturated carbocycles. The molecule has 3 amide bonds. The number of nitrogens with one attached hydrogen (secondary N) is 2. The summed E-state index contributed by atoms with van der Waals surface area (Å²) >= 11 is 0. The topological polar surface area (TPSA) is 78.5 Å². The third-order valence-corrected chi connectivity index (χ3v) is 4.84. The minimum absolute atomic E-state index is 0.0215. The zero-order valence-electron chi connectivity index (χ0n) is 17.6. The van der Waals surface area contributed by atoms with Crippen molar-refractivity contribution in [1.29, 1.82) is 0 Å². The van der Waals surface area contributed by atoms with Crippen LogP contribution in [0.1, 0.15) is 28.4 Å². The predicted octanol–water partition coefficient (Wildman–Crippen LogP) is 3.78. The molecule has 164 valence electrons.